The third-order valence-corrected chi connectivity index (χ3v) is 3.11. The van der Waals surface area contributed by atoms with E-state index >= 15 is 0 Å². The van der Waals surface area contributed by atoms with E-state index in [4.69, 9.17) is 9.84 Å². The first-order valence-corrected chi connectivity index (χ1v) is 7.30. The second-order valence-electron chi connectivity index (χ2n) is 5.58. The van der Waals surface area contributed by atoms with Crippen molar-refractivity contribution in [1.82, 2.24) is 4.90 Å². The molecule has 4 nitrogen and oxygen atoms in total. The van der Waals surface area contributed by atoms with Crippen LogP contribution in [0.2, 0.25) is 0 Å². The largest absolute Gasteiger partial charge is 0.492 e. The molecule has 1 aromatic rings. The van der Waals surface area contributed by atoms with Crippen molar-refractivity contribution in [3.63, 3.8) is 0 Å². The molecule has 0 unspecified atom stereocenters. The summed E-state index contributed by atoms with van der Waals surface area (Å²) in [4.78, 5) is 12.7. The van der Waals surface area contributed by atoms with Crippen LogP contribution in [-0.4, -0.2) is 42.7 Å². The lowest BCUT2D eigenvalue weighted by Gasteiger charge is -2.18. The van der Waals surface area contributed by atoms with Gasteiger partial charge in [-0.25, -0.2) is 4.79 Å². The molecule has 116 valence electrons. The smallest absolute Gasteiger partial charge is 0.328 e. The number of aliphatic carboxylic acids is 1. The van der Waals surface area contributed by atoms with E-state index in [2.05, 4.69) is 25.8 Å². The zero-order chi connectivity index (χ0) is 15.7. The Morgan fingerprint density at radius 2 is 2.14 bits per heavy atom. The molecule has 0 aliphatic carbocycles. The van der Waals surface area contributed by atoms with Crippen molar-refractivity contribution < 1.29 is 14.6 Å². The maximum atomic E-state index is 10.5. The highest BCUT2D eigenvalue weighted by molar-refractivity contribution is 5.85. The van der Waals surface area contributed by atoms with Crippen LogP contribution >= 0.6 is 0 Å². The minimum Gasteiger partial charge on any atom is -0.492 e. The number of carbonyl (C=O) groups is 1. The zero-order valence-corrected chi connectivity index (χ0v) is 13.1. The van der Waals surface area contributed by atoms with E-state index in [1.807, 2.05) is 24.3 Å². The molecule has 0 aromatic heterocycles. The third-order valence-electron chi connectivity index (χ3n) is 3.11. The van der Waals surface area contributed by atoms with Crippen LogP contribution in [0, 0.1) is 5.92 Å². The Kier molecular flexibility index (Phi) is 7.54. The molecule has 0 saturated heterocycles. The molecule has 1 rings (SSSR count). The number of rotatable bonds is 9. The van der Waals surface area contributed by atoms with E-state index in [-0.39, 0.29) is 0 Å². The van der Waals surface area contributed by atoms with Crippen molar-refractivity contribution in [2.75, 3.05) is 26.7 Å². The van der Waals surface area contributed by atoms with E-state index in [0.717, 1.165) is 30.5 Å². The average Bonchev–Trinajstić information content (AvgIpc) is 2.43. The van der Waals surface area contributed by atoms with E-state index in [1.165, 1.54) is 6.42 Å². The molecule has 0 saturated carbocycles. The Morgan fingerprint density at radius 1 is 1.38 bits per heavy atom. The predicted molar refractivity (Wildman–Crippen MR) is 85.6 cm³/mol. The molecule has 1 N–H and O–H groups in total. The molecule has 0 spiro atoms. The Hall–Kier alpha value is -1.81. The molecule has 0 atom stereocenters. The second-order valence-corrected chi connectivity index (χ2v) is 5.58. The van der Waals surface area contributed by atoms with Crippen LogP contribution in [-0.2, 0) is 4.79 Å². The Labute approximate surface area is 127 Å². The van der Waals surface area contributed by atoms with Crippen LogP contribution < -0.4 is 4.74 Å². The third kappa shape index (κ3) is 8.15. The summed E-state index contributed by atoms with van der Waals surface area (Å²) < 4.78 is 5.71. The van der Waals surface area contributed by atoms with Gasteiger partial charge in [0.05, 0.1) is 0 Å². The number of ether oxygens (including phenoxy) is 1. The Morgan fingerprint density at radius 3 is 2.81 bits per heavy atom. The zero-order valence-electron chi connectivity index (χ0n) is 13.1. The molecule has 0 bridgehead atoms. The lowest BCUT2D eigenvalue weighted by molar-refractivity contribution is -0.131. The fourth-order valence-electron chi connectivity index (χ4n) is 1.79. The summed E-state index contributed by atoms with van der Waals surface area (Å²) in [6.07, 6.45) is 3.87. The summed E-state index contributed by atoms with van der Waals surface area (Å²) in [5.74, 6) is 0.527. The number of carboxylic acids is 1. The summed E-state index contributed by atoms with van der Waals surface area (Å²) in [5, 5.41) is 8.61. The van der Waals surface area contributed by atoms with Gasteiger partial charge in [0.2, 0.25) is 0 Å². The molecular formula is C17H25NO3. The van der Waals surface area contributed by atoms with Crippen LogP contribution in [0.5, 0.6) is 5.75 Å². The number of likely N-dealkylation sites (N-methyl/N-ethyl adjacent to an activating group) is 1. The Balaban J connectivity index is 2.38. The lowest BCUT2D eigenvalue weighted by atomic mass is 10.1. The van der Waals surface area contributed by atoms with Gasteiger partial charge in [-0.05, 0) is 49.7 Å². The van der Waals surface area contributed by atoms with Crippen molar-refractivity contribution in [1.29, 1.82) is 0 Å². The number of hydrogen-bond donors (Lipinski definition) is 1. The predicted octanol–water partition coefficient (Wildman–Crippen LogP) is 3.14. The van der Waals surface area contributed by atoms with E-state index in [0.29, 0.717) is 12.5 Å². The number of benzene rings is 1. The highest BCUT2D eigenvalue weighted by atomic mass is 16.5. The fraction of sp³-hybridized carbons (Fsp3) is 0.471. The maximum Gasteiger partial charge on any atom is 0.328 e. The summed E-state index contributed by atoms with van der Waals surface area (Å²) in [5.41, 5.74) is 0.822. The minimum absolute atomic E-state index is 0.626. The van der Waals surface area contributed by atoms with E-state index < -0.39 is 5.97 Å². The van der Waals surface area contributed by atoms with Crippen LogP contribution in [0.15, 0.2) is 30.3 Å². The highest BCUT2D eigenvalue weighted by Crippen LogP contribution is 2.14. The van der Waals surface area contributed by atoms with Gasteiger partial charge in [0.15, 0.2) is 0 Å². The van der Waals surface area contributed by atoms with E-state index in [9.17, 15) is 4.79 Å². The van der Waals surface area contributed by atoms with Crippen molar-refractivity contribution in [2.24, 2.45) is 5.92 Å². The quantitative estimate of drug-likeness (QED) is 0.710. The summed E-state index contributed by atoms with van der Waals surface area (Å²) in [7, 11) is 2.10. The molecular weight excluding hydrogens is 266 g/mol. The van der Waals surface area contributed by atoms with Gasteiger partial charge >= 0.3 is 5.97 Å². The SMILES string of the molecule is CC(C)CCN(C)CCOc1cccc(C=CC(=O)O)c1. The van der Waals surface area contributed by atoms with Crippen molar-refractivity contribution in [2.45, 2.75) is 20.3 Å². The first-order valence-electron chi connectivity index (χ1n) is 7.30. The second kappa shape index (κ2) is 9.19. The highest BCUT2D eigenvalue weighted by Gasteiger charge is 2.01. The summed E-state index contributed by atoms with van der Waals surface area (Å²) in [6, 6.07) is 7.43. The molecule has 21 heavy (non-hydrogen) atoms. The number of hydrogen-bond acceptors (Lipinski definition) is 3. The maximum absolute atomic E-state index is 10.5. The molecule has 0 aliphatic heterocycles. The average molecular weight is 291 g/mol. The standard InChI is InChI=1S/C17H25NO3/c1-14(2)9-10-18(3)11-12-21-16-6-4-5-15(13-16)7-8-17(19)20/h4-8,13-14H,9-12H2,1-3H3,(H,19,20). The molecule has 0 fully saturated rings. The monoisotopic (exact) mass is 291 g/mol. The molecule has 4 heteroatoms. The molecule has 1 aromatic carbocycles. The van der Waals surface area contributed by atoms with Gasteiger partial charge in [-0.2, -0.15) is 0 Å². The summed E-state index contributed by atoms with van der Waals surface area (Å²) in [6.45, 7) is 7.02. The van der Waals surface area contributed by atoms with Crippen molar-refractivity contribution in [3.05, 3.63) is 35.9 Å². The van der Waals surface area contributed by atoms with Crippen LogP contribution in [0.25, 0.3) is 6.08 Å². The van der Waals surface area contributed by atoms with Gasteiger partial charge in [0.1, 0.15) is 12.4 Å². The fourth-order valence-corrected chi connectivity index (χ4v) is 1.79. The van der Waals surface area contributed by atoms with Crippen LogP contribution in [0.3, 0.4) is 0 Å². The normalized spacial score (nSPS) is 11.5. The van der Waals surface area contributed by atoms with Crippen LogP contribution in [0.4, 0.5) is 0 Å². The van der Waals surface area contributed by atoms with Gasteiger partial charge in [-0.1, -0.05) is 26.0 Å². The molecule has 0 radical (unpaired) electrons. The van der Waals surface area contributed by atoms with Crippen LogP contribution in [0.1, 0.15) is 25.8 Å². The van der Waals surface area contributed by atoms with Crippen molar-refractivity contribution >= 4 is 12.0 Å². The van der Waals surface area contributed by atoms with Gasteiger partial charge < -0.3 is 14.7 Å². The molecule has 0 aliphatic rings. The Bertz CT molecular complexity index is 469. The number of nitrogens with zero attached hydrogens (tertiary/aromatic N) is 1. The number of carboxylic acid groups (broad SMARTS) is 1. The first kappa shape index (κ1) is 17.2. The van der Waals surface area contributed by atoms with Gasteiger partial charge in [0.25, 0.3) is 0 Å². The van der Waals surface area contributed by atoms with Gasteiger partial charge in [-0.15, -0.1) is 0 Å². The summed E-state index contributed by atoms with van der Waals surface area (Å²) >= 11 is 0. The van der Waals surface area contributed by atoms with E-state index in [1.54, 1.807) is 6.08 Å². The molecule has 0 heterocycles. The lowest BCUT2D eigenvalue weighted by Crippen LogP contribution is -2.26. The minimum atomic E-state index is -0.951. The van der Waals surface area contributed by atoms with Gasteiger partial charge in [0, 0.05) is 12.6 Å². The van der Waals surface area contributed by atoms with Crippen molar-refractivity contribution in [3.8, 4) is 5.75 Å². The topological polar surface area (TPSA) is 49.8 Å². The van der Waals surface area contributed by atoms with Gasteiger partial charge in [-0.3, -0.25) is 0 Å². The molecule has 0 amide bonds. The first-order chi connectivity index (χ1) is 9.97.